The van der Waals surface area contributed by atoms with Gasteiger partial charge in [-0.2, -0.15) is 11.3 Å². The maximum atomic E-state index is 4.09. The summed E-state index contributed by atoms with van der Waals surface area (Å²) in [4.78, 5) is 8.19. The number of nitrogens with one attached hydrogen (secondary N) is 1. The molecule has 0 amide bonds. The average Bonchev–Trinajstić information content (AvgIpc) is 2.88. The Morgan fingerprint density at radius 3 is 2.82 bits per heavy atom. The van der Waals surface area contributed by atoms with Crippen LogP contribution in [0.25, 0.3) is 0 Å². The Bertz CT molecular complexity index is 413. The van der Waals surface area contributed by atoms with E-state index in [9.17, 15) is 0 Å². The standard InChI is InChI=1S/C13H17N3S/c1-2-4-16-13(6-11-3-5-17-9-11)12-7-14-10-15-8-12/h3,5,7-10,13,16H,2,4,6H2,1H3. The molecule has 2 rings (SSSR count). The van der Waals surface area contributed by atoms with Crippen LogP contribution in [-0.2, 0) is 6.42 Å². The average molecular weight is 247 g/mol. The molecule has 0 bridgehead atoms. The van der Waals surface area contributed by atoms with Crippen molar-refractivity contribution in [1.29, 1.82) is 0 Å². The van der Waals surface area contributed by atoms with Crippen LogP contribution in [0, 0.1) is 0 Å². The van der Waals surface area contributed by atoms with E-state index in [0.717, 1.165) is 24.9 Å². The highest BCUT2D eigenvalue weighted by Gasteiger charge is 2.12. The number of nitrogens with zero attached hydrogens (tertiary/aromatic N) is 2. The second kappa shape index (κ2) is 6.47. The maximum Gasteiger partial charge on any atom is 0.115 e. The van der Waals surface area contributed by atoms with E-state index in [-0.39, 0.29) is 0 Å². The summed E-state index contributed by atoms with van der Waals surface area (Å²) in [5, 5.41) is 7.87. The van der Waals surface area contributed by atoms with Gasteiger partial charge in [-0.3, -0.25) is 0 Å². The normalized spacial score (nSPS) is 12.5. The number of thiophene rings is 1. The number of rotatable bonds is 6. The van der Waals surface area contributed by atoms with Crippen molar-refractivity contribution in [2.75, 3.05) is 6.54 Å². The molecule has 3 nitrogen and oxygen atoms in total. The Hall–Kier alpha value is -1.26. The van der Waals surface area contributed by atoms with Gasteiger partial charge in [-0.1, -0.05) is 6.92 Å². The van der Waals surface area contributed by atoms with Crippen LogP contribution in [0.15, 0.2) is 35.5 Å². The number of aromatic nitrogens is 2. The van der Waals surface area contributed by atoms with Crippen LogP contribution < -0.4 is 5.32 Å². The molecule has 2 aromatic rings. The molecular formula is C13H17N3S. The summed E-state index contributed by atoms with van der Waals surface area (Å²) in [7, 11) is 0. The van der Waals surface area contributed by atoms with Crippen molar-refractivity contribution in [2.24, 2.45) is 0 Å². The van der Waals surface area contributed by atoms with Gasteiger partial charge in [0.25, 0.3) is 0 Å². The monoisotopic (exact) mass is 247 g/mol. The first kappa shape index (κ1) is 12.2. The van der Waals surface area contributed by atoms with E-state index in [0.29, 0.717) is 6.04 Å². The van der Waals surface area contributed by atoms with Gasteiger partial charge >= 0.3 is 0 Å². The van der Waals surface area contributed by atoms with Gasteiger partial charge in [-0.25, -0.2) is 9.97 Å². The van der Waals surface area contributed by atoms with Gasteiger partial charge in [0.1, 0.15) is 6.33 Å². The van der Waals surface area contributed by atoms with Gasteiger partial charge in [0.2, 0.25) is 0 Å². The van der Waals surface area contributed by atoms with Gasteiger partial charge in [-0.15, -0.1) is 0 Å². The van der Waals surface area contributed by atoms with Crippen LogP contribution in [0.4, 0.5) is 0 Å². The molecular weight excluding hydrogens is 230 g/mol. The van der Waals surface area contributed by atoms with Crippen LogP contribution in [0.1, 0.15) is 30.5 Å². The minimum absolute atomic E-state index is 0.311. The van der Waals surface area contributed by atoms with Crippen molar-refractivity contribution in [3.05, 3.63) is 46.7 Å². The summed E-state index contributed by atoms with van der Waals surface area (Å²) < 4.78 is 0. The first-order valence-electron chi connectivity index (χ1n) is 5.89. The molecule has 2 aromatic heterocycles. The third kappa shape index (κ3) is 3.61. The van der Waals surface area contributed by atoms with Gasteiger partial charge in [0.05, 0.1) is 0 Å². The molecule has 0 fully saturated rings. The highest BCUT2D eigenvalue weighted by atomic mass is 32.1. The third-order valence-electron chi connectivity index (χ3n) is 2.64. The SMILES string of the molecule is CCCNC(Cc1ccsc1)c1cncnc1. The van der Waals surface area contributed by atoms with Crippen LogP contribution >= 0.6 is 11.3 Å². The quantitative estimate of drug-likeness (QED) is 0.853. The second-order valence-corrected chi connectivity index (χ2v) is 4.79. The third-order valence-corrected chi connectivity index (χ3v) is 3.38. The van der Waals surface area contributed by atoms with Crippen molar-refractivity contribution in [3.63, 3.8) is 0 Å². The van der Waals surface area contributed by atoms with E-state index in [4.69, 9.17) is 0 Å². The highest BCUT2D eigenvalue weighted by molar-refractivity contribution is 7.07. The molecule has 4 heteroatoms. The summed E-state index contributed by atoms with van der Waals surface area (Å²) in [5.74, 6) is 0. The fourth-order valence-corrected chi connectivity index (χ4v) is 2.44. The second-order valence-electron chi connectivity index (χ2n) is 4.01. The first-order valence-corrected chi connectivity index (χ1v) is 6.83. The van der Waals surface area contributed by atoms with Crippen molar-refractivity contribution in [1.82, 2.24) is 15.3 Å². The van der Waals surface area contributed by atoms with E-state index >= 15 is 0 Å². The molecule has 0 saturated heterocycles. The first-order chi connectivity index (χ1) is 8.40. The Balaban J connectivity index is 2.08. The molecule has 0 aromatic carbocycles. The summed E-state index contributed by atoms with van der Waals surface area (Å²) in [6, 6.07) is 2.49. The largest absolute Gasteiger partial charge is 0.310 e. The number of hydrogen-bond donors (Lipinski definition) is 1. The topological polar surface area (TPSA) is 37.8 Å². The summed E-state index contributed by atoms with van der Waals surface area (Å²) in [6.07, 6.45) is 7.50. The van der Waals surface area contributed by atoms with Crippen molar-refractivity contribution in [2.45, 2.75) is 25.8 Å². The lowest BCUT2D eigenvalue weighted by atomic mass is 10.0. The van der Waals surface area contributed by atoms with E-state index in [1.165, 1.54) is 5.56 Å². The van der Waals surface area contributed by atoms with Crippen LogP contribution in [0.3, 0.4) is 0 Å². The van der Waals surface area contributed by atoms with Crippen LogP contribution in [-0.4, -0.2) is 16.5 Å². The molecule has 2 heterocycles. The lowest BCUT2D eigenvalue weighted by molar-refractivity contribution is 0.527. The molecule has 0 aliphatic heterocycles. The van der Waals surface area contributed by atoms with Gasteiger partial charge in [0.15, 0.2) is 0 Å². The molecule has 1 unspecified atom stereocenters. The van der Waals surface area contributed by atoms with Gasteiger partial charge < -0.3 is 5.32 Å². The molecule has 90 valence electrons. The fourth-order valence-electron chi connectivity index (χ4n) is 1.76. The lowest BCUT2D eigenvalue weighted by Gasteiger charge is -2.17. The lowest BCUT2D eigenvalue weighted by Crippen LogP contribution is -2.24. The van der Waals surface area contributed by atoms with E-state index in [2.05, 4.69) is 39.0 Å². The van der Waals surface area contributed by atoms with Gasteiger partial charge in [0, 0.05) is 24.0 Å². The molecule has 0 radical (unpaired) electrons. The predicted octanol–water partition coefficient (Wildman–Crippen LogP) is 2.82. The van der Waals surface area contributed by atoms with Crippen LogP contribution in [0.5, 0.6) is 0 Å². The molecule has 1 N–H and O–H groups in total. The van der Waals surface area contributed by atoms with Gasteiger partial charge in [-0.05, 0) is 41.8 Å². The fraction of sp³-hybridized carbons (Fsp3) is 0.385. The summed E-state index contributed by atoms with van der Waals surface area (Å²) in [5.41, 5.74) is 2.53. The van der Waals surface area contributed by atoms with Crippen LogP contribution in [0.2, 0.25) is 0 Å². The van der Waals surface area contributed by atoms with E-state index in [1.54, 1.807) is 17.7 Å². The molecule has 0 spiro atoms. The molecule has 17 heavy (non-hydrogen) atoms. The predicted molar refractivity (Wildman–Crippen MR) is 71.1 cm³/mol. The zero-order valence-corrected chi connectivity index (χ0v) is 10.8. The summed E-state index contributed by atoms with van der Waals surface area (Å²) >= 11 is 1.74. The molecule has 0 aliphatic rings. The Morgan fingerprint density at radius 1 is 1.35 bits per heavy atom. The smallest absolute Gasteiger partial charge is 0.115 e. The minimum atomic E-state index is 0.311. The Labute approximate surface area is 106 Å². The zero-order valence-electron chi connectivity index (χ0n) is 9.97. The molecule has 1 atom stereocenters. The minimum Gasteiger partial charge on any atom is -0.310 e. The summed E-state index contributed by atoms with van der Waals surface area (Å²) in [6.45, 7) is 3.19. The number of hydrogen-bond acceptors (Lipinski definition) is 4. The molecule has 0 aliphatic carbocycles. The maximum absolute atomic E-state index is 4.09. The zero-order chi connectivity index (χ0) is 11.9. The van der Waals surface area contributed by atoms with Crippen molar-refractivity contribution in [3.8, 4) is 0 Å². The van der Waals surface area contributed by atoms with Crippen molar-refractivity contribution >= 4 is 11.3 Å². The molecule has 0 saturated carbocycles. The Kier molecular flexibility index (Phi) is 4.64. The Morgan fingerprint density at radius 2 is 2.18 bits per heavy atom. The highest BCUT2D eigenvalue weighted by Crippen LogP contribution is 2.18. The van der Waals surface area contributed by atoms with Crippen molar-refractivity contribution < 1.29 is 0 Å². The van der Waals surface area contributed by atoms with E-state index in [1.807, 2.05) is 12.4 Å². The van der Waals surface area contributed by atoms with E-state index < -0.39 is 0 Å².